The first-order valence-corrected chi connectivity index (χ1v) is 9.43. The summed E-state index contributed by atoms with van der Waals surface area (Å²) in [6.07, 6.45) is 0.900. The van der Waals surface area contributed by atoms with Crippen molar-refractivity contribution in [2.75, 3.05) is 12.9 Å². The minimum Gasteiger partial charge on any atom is -0.469 e. The van der Waals surface area contributed by atoms with Gasteiger partial charge in [0.25, 0.3) is 5.56 Å². The molecule has 1 N–H and O–H groups in total. The molecule has 0 saturated heterocycles. The summed E-state index contributed by atoms with van der Waals surface area (Å²) in [5.41, 5.74) is 0.334. The maximum atomic E-state index is 12.8. The zero-order chi connectivity index (χ0) is 19.1. The lowest BCUT2D eigenvalue weighted by Gasteiger charge is -2.14. The van der Waals surface area contributed by atoms with Gasteiger partial charge in [0.1, 0.15) is 0 Å². The molecule has 1 unspecified atom stereocenters. The fourth-order valence-electron chi connectivity index (χ4n) is 2.31. The van der Waals surface area contributed by atoms with Crippen LogP contribution in [0.5, 0.6) is 0 Å². The van der Waals surface area contributed by atoms with Crippen LogP contribution in [0, 0.1) is 0 Å². The minimum atomic E-state index is -0.407. The molecular weight excluding hydrogens is 354 g/mol. The van der Waals surface area contributed by atoms with E-state index in [1.165, 1.54) is 23.4 Å². The third-order valence-electron chi connectivity index (χ3n) is 3.95. The first-order valence-electron chi connectivity index (χ1n) is 8.44. The lowest BCUT2D eigenvalue weighted by Crippen LogP contribution is -2.33. The number of nitrogens with one attached hydrogen (secondary N) is 1. The van der Waals surface area contributed by atoms with E-state index in [1.54, 1.807) is 24.3 Å². The van der Waals surface area contributed by atoms with Gasteiger partial charge in [-0.3, -0.25) is 19.0 Å². The van der Waals surface area contributed by atoms with Gasteiger partial charge in [-0.1, -0.05) is 30.8 Å². The van der Waals surface area contributed by atoms with Crippen molar-refractivity contribution in [3.05, 3.63) is 34.6 Å². The Hall–Kier alpha value is -2.35. The fourth-order valence-corrected chi connectivity index (χ4v) is 3.15. The average Bonchev–Trinajstić information content (AvgIpc) is 2.65. The highest BCUT2D eigenvalue weighted by atomic mass is 32.2. The summed E-state index contributed by atoms with van der Waals surface area (Å²) in [5.74, 6) is -0.380. The summed E-state index contributed by atoms with van der Waals surface area (Å²) in [5, 5.41) is 3.77. The summed E-state index contributed by atoms with van der Waals surface area (Å²) in [4.78, 5) is 40.8. The number of para-hydroxylation sites is 1. The van der Waals surface area contributed by atoms with Gasteiger partial charge in [0.15, 0.2) is 5.16 Å². The van der Waals surface area contributed by atoms with Gasteiger partial charge >= 0.3 is 5.97 Å². The van der Waals surface area contributed by atoms with Crippen molar-refractivity contribution in [3.8, 4) is 0 Å². The first kappa shape index (κ1) is 20.0. The number of ether oxygens (including phenoxy) is 1. The highest BCUT2D eigenvalue weighted by Gasteiger charge is 2.15. The van der Waals surface area contributed by atoms with Crippen LogP contribution in [0.1, 0.15) is 26.7 Å². The van der Waals surface area contributed by atoms with Gasteiger partial charge in [0.05, 0.1) is 30.2 Å². The molecule has 0 radical (unpaired) electrons. The van der Waals surface area contributed by atoms with Crippen LogP contribution in [0.4, 0.5) is 0 Å². The van der Waals surface area contributed by atoms with Gasteiger partial charge in [-0.2, -0.15) is 0 Å². The molecule has 2 rings (SSSR count). The molecule has 0 saturated carbocycles. The number of carbonyl (C=O) groups is 2. The predicted molar refractivity (Wildman–Crippen MR) is 101 cm³/mol. The quantitative estimate of drug-likeness (QED) is 0.430. The van der Waals surface area contributed by atoms with Crippen LogP contribution in [0.15, 0.2) is 34.2 Å². The third kappa shape index (κ3) is 5.08. The Balaban J connectivity index is 2.28. The Labute approximate surface area is 156 Å². The molecule has 2 aromatic rings. The molecule has 8 heteroatoms. The minimum absolute atomic E-state index is 0.0586. The van der Waals surface area contributed by atoms with Crippen LogP contribution < -0.4 is 10.9 Å². The second kappa shape index (κ2) is 9.38. The van der Waals surface area contributed by atoms with E-state index >= 15 is 0 Å². The van der Waals surface area contributed by atoms with E-state index in [-0.39, 0.29) is 36.2 Å². The van der Waals surface area contributed by atoms with E-state index in [0.29, 0.717) is 16.1 Å². The van der Waals surface area contributed by atoms with Crippen LogP contribution >= 0.6 is 11.8 Å². The number of nitrogens with zero attached hydrogens (tertiary/aromatic N) is 2. The summed E-state index contributed by atoms with van der Waals surface area (Å²) in [7, 11) is 1.30. The number of methoxy groups -OCH3 is 1. The second-order valence-electron chi connectivity index (χ2n) is 5.86. The zero-order valence-electron chi connectivity index (χ0n) is 15.2. The molecule has 1 amide bonds. The number of hydrogen-bond acceptors (Lipinski definition) is 6. The van der Waals surface area contributed by atoms with Crippen LogP contribution in [0.3, 0.4) is 0 Å². The smallest absolute Gasteiger partial charge is 0.307 e. The predicted octanol–water partition coefficient (Wildman–Crippen LogP) is 1.97. The molecule has 26 heavy (non-hydrogen) atoms. The van der Waals surface area contributed by atoms with Crippen LogP contribution in [-0.2, 0) is 20.9 Å². The fraction of sp³-hybridized carbons (Fsp3) is 0.444. The Morgan fingerprint density at radius 1 is 1.35 bits per heavy atom. The summed E-state index contributed by atoms with van der Waals surface area (Å²) < 4.78 is 6.08. The summed E-state index contributed by atoms with van der Waals surface area (Å²) in [6.45, 7) is 4.08. The largest absolute Gasteiger partial charge is 0.469 e. The molecule has 0 aliphatic carbocycles. The van der Waals surface area contributed by atoms with E-state index in [0.717, 1.165) is 6.42 Å². The number of benzene rings is 1. The molecule has 0 aliphatic heterocycles. The number of fused-ring (bicyclic) bond motifs is 1. The third-order valence-corrected chi connectivity index (χ3v) is 4.92. The molecule has 1 aromatic carbocycles. The highest BCUT2D eigenvalue weighted by Crippen LogP contribution is 2.18. The lowest BCUT2D eigenvalue weighted by molar-refractivity contribution is -0.140. The molecule has 0 fully saturated rings. The summed E-state index contributed by atoms with van der Waals surface area (Å²) >= 11 is 1.18. The van der Waals surface area contributed by atoms with Gasteiger partial charge in [0.2, 0.25) is 5.91 Å². The second-order valence-corrected chi connectivity index (χ2v) is 6.80. The van der Waals surface area contributed by atoms with Crippen molar-refractivity contribution in [1.29, 1.82) is 0 Å². The standard InChI is InChI=1S/C18H23N3O4S/c1-4-12(2)19-15(22)11-26-18-20-14-8-6-5-7-13(14)17(24)21(18)10-9-16(23)25-3/h5-8,12H,4,9-11H2,1-3H3,(H,19,22). The van der Waals surface area contributed by atoms with Crippen molar-refractivity contribution < 1.29 is 14.3 Å². The van der Waals surface area contributed by atoms with E-state index in [1.807, 2.05) is 13.8 Å². The summed E-state index contributed by atoms with van der Waals surface area (Å²) in [6, 6.07) is 7.11. The van der Waals surface area contributed by atoms with Crippen LogP contribution in [-0.4, -0.2) is 40.3 Å². The molecule has 1 atom stereocenters. The average molecular weight is 377 g/mol. The number of aromatic nitrogens is 2. The van der Waals surface area contributed by atoms with Gasteiger partial charge < -0.3 is 10.1 Å². The topological polar surface area (TPSA) is 90.3 Å². The number of thioether (sulfide) groups is 1. The van der Waals surface area contributed by atoms with Gasteiger partial charge in [-0.05, 0) is 25.5 Å². The molecule has 0 bridgehead atoms. The normalized spacial score (nSPS) is 12.0. The van der Waals surface area contributed by atoms with Crippen molar-refractivity contribution in [2.45, 2.75) is 44.4 Å². The maximum absolute atomic E-state index is 12.8. The Kier molecular flexibility index (Phi) is 7.20. The van der Waals surface area contributed by atoms with E-state index in [2.05, 4.69) is 15.0 Å². The molecule has 0 aliphatic rings. The maximum Gasteiger partial charge on any atom is 0.307 e. The monoisotopic (exact) mass is 377 g/mol. The molecule has 1 heterocycles. The SMILES string of the molecule is CCC(C)NC(=O)CSc1nc2ccccc2c(=O)n1CCC(=O)OC. The van der Waals surface area contributed by atoms with Crippen molar-refractivity contribution in [2.24, 2.45) is 0 Å². The van der Waals surface area contributed by atoms with Gasteiger partial charge in [-0.15, -0.1) is 0 Å². The Morgan fingerprint density at radius 3 is 2.77 bits per heavy atom. The number of hydrogen-bond donors (Lipinski definition) is 1. The molecule has 1 aromatic heterocycles. The van der Waals surface area contributed by atoms with Gasteiger partial charge in [0, 0.05) is 12.6 Å². The zero-order valence-corrected chi connectivity index (χ0v) is 16.0. The van der Waals surface area contributed by atoms with E-state index in [9.17, 15) is 14.4 Å². The van der Waals surface area contributed by atoms with Crippen molar-refractivity contribution in [1.82, 2.24) is 14.9 Å². The van der Waals surface area contributed by atoms with Gasteiger partial charge in [-0.25, -0.2) is 4.98 Å². The molecule has 140 valence electrons. The number of carbonyl (C=O) groups excluding carboxylic acids is 2. The van der Waals surface area contributed by atoms with Crippen LogP contribution in [0.25, 0.3) is 10.9 Å². The number of esters is 1. The number of rotatable bonds is 8. The molecule has 0 spiro atoms. The first-order chi connectivity index (χ1) is 12.5. The Bertz CT molecular complexity index is 850. The highest BCUT2D eigenvalue weighted by molar-refractivity contribution is 7.99. The van der Waals surface area contributed by atoms with E-state index in [4.69, 9.17) is 0 Å². The van der Waals surface area contributed by atoms with Crippen molar-refractivity contribution in [3.63, 3.8) is 0 Å². The lowest BCUT2D eigenvalue weighted by atomic mass is 10.2. The molecular formula is C18H23N3O4S. The number of amides is 1. The molecule has 7 nitrogen and oxygen atoms in total. The van der Waals surface area contributed by atoms with Crippen molar-refractivity contribution >= 4 is 34.5 Å². The Morgan fingerprint density at radius 2 is 2.08 bits per heavy atom. The van der Waals surface area contributed by atoms with E-state index < -0.39 is 5.97 Å². The van der Waals surface area contributed by atoms with Crippen LogP contribution in [0.2, 0.25) is 0 Å².